The number of rotatable bonds is 2. The number of aromatic hydroxyl groups is 1. The fraction of sp³-hybridized carbons (Fsp3) is 0.250. The van der Waals surface area contributed by atoms with Gasteiger partial charge in [0.25, 0.3) is 5.91 Å². The van der Waals surface area contributed by atoms with E-state index in [1.54, 1.807) is 30.0 Å². The Hall–Kier alpha value is -2.98. The van der Waals surface area contributed by atoms with E-state index < -0.39 is 11.4 Å². The number of thiocarbonyl (C=S) groups is 1. The molecule has 0 aromatic heterocycles. The summed E-state index contributed by atoms with van der Waals surface area (Å²) < 4.78 is 14.6. The molecule has 2 aromatic rings. The minimum atomic E-state index is -0.888. The van der Waals surface area contributed by atoms with Crippen LogP contribution in [0, 0.1) is 19.3 Å². The van der Waals surface area contributed by atoms with Gasteiger partial charge in [-0.05, 0) is 68.2 Å². The quantitative estimate of drug-likeness (QED) is 0.617. The Morgan fingerprint density at radius 1 is 1.26 bits per heavy atom. The van der Waals surface area contributed by atoms with Gasteiger partial charge in [-0.1, -0.05) is 6.07 Å². The average Bonchev–Trinajstić information content (AvgIpc) is 2.82. The zero-order chi connectivity index (χ0) is 19.3. The summed E-state index contributed by atoms with van der Waals surface area (Å²) in [5.41, 5.74) is 1.12. The van der Waals surface area contributed by atoms with Crippen LogP contribution in [0.3, 0.4) is 0 Å². The van der Waals surface area contributed by atoms with Crippen molar-refractivity contribution in [2.24, 2.45) is 0 Å². The SMILES string of the molecule is [C-]#[N+]c1ccc(N2C(=O)C3(CCC3)N(c3ccc(O)cc3F)C2=S)cc1C. The summed E-state index contributed by atoms with van der Waals surface area (Å²) in [5, 5.41) is 9.72. The topological polar surface area (TPSA) is 48.1 Å². The molecule has 1 heterocycles. The molecule has 1 N–H and O–H groups in total. The van der Waals surface area contributed by atoms with E-state index in [-0.39, 0.29) is 22.5 Å². The van der Waals surface area contributed by atoms with Crippen molar-refractivity contribution in [3.8, 4) is 5.75 Å². The predicted molar refractivity (Wildman–Crippen MR) is 105 cm³/mol. The van der Waals surface area contributed by atoms with Crippen LogP contribution in [0.4, 0.5) is 21.5 Å². The number of anilines is 2. The summed E-state index contributed by atoms with van der Waals surface area (Å²) in [7, 11) is 0. The molecule has 0 atom stereocenters. The number of carbonyl (C=O) groups excluding carboxylic acids is 1. The Morgan fingerprint density at radius 2 is 2.00 bits per heavy atom. The number of carbonyl (C=O) groups is 1. The monoisotopic (exact) mass is 381 g/mol. The first-order chi connectivity index (χ1) is 12.9. The van der Waals surface area contributed by atoms with Crippen molar-refractivity contribution in [2.75, 3.05) is 9.80 Å². The number of nitrogens with zero attached hydrogens (tertiary/aromatic N) is 3. The van der Waals surface area contributed by atoms with Crippen molar-refractivity contribution in [1.29, 1.82) is 0 Å². The van der Waals surface area contributed by atoms with Crippen molar-refractivity contribution in [3.63, 3.8) is 0 Å². The van der Waals surface area contributed by atoms with Crippen molar-refractivity contribution in [3.05, 3.63) is 59.2 Å². The van der Waals surface area contributed by atoms with E-state index in [2.05, 4.69) is 4.85 Å². The van der Waals surface area contributed by atoms with Gasteiger partial charge in [-0.3, -0.25) is 9.69 Å². The first kappa shape index (κ1) is 17.4. The van der Waals surface area contributed by atoms with Crippen molar-refractivity contribution in [2.45, 2.75) is 31.7 Å². The molecule has 1 aliphatic carbocycles. The molecule has 2 aromatic carbocycles. The molecule has 1 amide bonds. The fourth-order valence-corrected chi connectivity index (χ4v) is 4.23. The molecule has 0 unspecified atom stereocenters. The molecule has 27 heavy (non-hydrogen) atoms. The van der Waals surface area contributed by atoms with Crippen LogP contribution < -0.4 is 9.80 Å². The minimum absolute atomic E-state index is 0.179. The maximum Gasteiger partial charge on any atom is 0.259 e. The van der Waals surface area contributed by atoms with Gasteiger partial charge in [-0.15, -0.1) is 0 Å². The van der Waals surface area contributed by atoms with Crippen LogP contribution in [-0.4, -0.2) is 21.7 Å². The molecule has 1 aliphatic heterocycles. The second kappa shape index (κ2) is 6.03. The maximum atomic E-state index is 14.6. The number of benzene rings is 2. The lowest BCUT2D eigenvalue weighted by Crippen LogP contribution is -2.55. The van der Waals surface area contributed by atoms with E-state index >= 15 is 0 Å². The van der Waals surface area contributed by atoms with Crippen LogP contribution >= 0.6 is 12.2 Å². The van der Waals surface area contributed by atoms with Gasteiger partial charge in [0.15, 0.2) is 16.6 Å². The summed E-state index contributed by atoms with van der Waals surface area (Å²) in [4.78, 5) is 19.8. The van der Waals surface area contributed by atoms with Crippen LogP contribution in [0.5, 0.6) is 5.75 Å². The summed E-state index contributed by atoms with van der Waals surface area (Å²) in [6.45, 7) is 8.98. The molecule has 1 saturated carbocycles. The van der Waals surface area contributed by atoms with Gasteiger partial charge >= 0.3 is 0 Å². The van der Waals surface area contributed by atoms with E-state index in [1.807, 2.05) is 0 Å². The molecule has 0 radical (unpaired) electrons. The van der Waals surface area contributed by atoms with Gasteiger partial charge in [0.2, 0.25) is 0 Å². The van der Waals surface area contributed by atoms with Crippen LogP contribution in [-0.2, 0) is 4.79 Å². The van der Waals surface area contributed by atoms with Gasteiger partial charge in [-0.25, -0.2) is 9.24 Å². The molecule has 2 aliphatic rings. The average molecular weight is 381 g/mol. The van der Waals surface area contributed by atoms with E-state index in [0.717, 1.165) is 18.1 Å². The number of aryl methyl sites for hydroxylation is 1. The molecule has 5 nitrogen and oxygen atoms in total. The lowest BCUT2D eigenvalue weighted by molar-refractivity contribution is -0.123. The fourth-order valence-electron chi connectivity index (χ4n) is 3.77. The molecule has 7 heteroatoms. The summed E-state index contributed by atoms with van der Waals surface area (Å²) >= 11 is 5.59. The third-order valence-electron chi connectivity index (χ3n) is 5.32. The molecule has 2 fully saturated rings. The lowest BCUT2D eigenvalue weighted by Gasteiger charge is -2.43. The number of halogens is 1. The van der Waals surface area contributed by atoms with Gasteiger partial charge in [-0.2, -0.15) is 0 Å². The Labute approximate surface area is 161 Å². The first-order valence-corrected chi connectivity index (χ1v) is 8.95. The smallest absolute Gasteiger partial charge is 0.259 e. The first-order valence-electron chi connectivity index (χ1n) is 8.54. The van der Waals surface area contributed by atoms with E-state index in [1.165, 1.54) is 17.0 Å². The number of amides is 1. The zero-order valence-corrected chi connectivity index (χ0v) is 15.4. The van der Waals surface area contributed by atoms with E-state index in [9.17, 15) is 14.3 Å². The van der Waals surface area contributed by atoms with Gasteiger partial charge in [0, 0.05) is 11.8 Å². The van der Waals surface area contributed by atoms with Crippen LogP contribution in [0.25, 0.3) is 4.85 Å². The van der Waals surface area contributed by atoms with Crippen LogP contribution in [0.15, 0.2) is 36.4 Å². The van der Waals surface area contributed by atoms with Crippen LogP contribution in [0.2, 0.25) is 0 Å². The molecular weight excluding hydrogens is 365 g/mol. The van der Waals surface area contributed by atoms with Gasteiger partial charge in [0.05, 0.1) is 12.3 Å². The Balaban J connectivity index is 1.83. The Bertz CT molecular complexity index is 1030. The molecule has 4 rings (SSSR count). The van der Waals surface area contributed by atoms with Crippen molar-refractivity contribution < 1.29 is 14.3 Å². The summed E-state index contributed by atoms with van der Waals surface area (Å²) in [6, 6.07) is 8.95. The Morgan fingerprint density at radius 3 is 2.56 bits per heavy atom. The highest BCUT2D eigenvalue weighted by Crippen LogP contribution is 2.48. The van der Waals surface area contributed by atoms with E-state index in [0.29, 0.717) is 24.2 Å². The van der Waals surface area contributed by atoms with Gasteiger partial charge < -0.3 is 10.0 Å². The predicted octanol–water partition coefficient (Wildman–Crippen LogP) is 4.45. The number of phenolic OH excluding ortho intramolecular Hbond substituents is 1. The molecule has 1 saturated heterocycles. The normalized spacial score (nSPS) is 18.0. The summed E-state index contributed by atoms with van der Waals surface area (Å²) in [5.74, 6) is -0.989. The zero-order valence-electron chi connectivity index (χ0n) is 14.6. The second-order valence-electron chi connectivity index (χ2n) is 6.86. The Kier molecular flexibility index (Phi) is 3.89. The third-order valence-corrected chi connectivity index (χ3v) is 5.69. The van der Waals surface area contributed by atoms with Crippen molar-refractivity contribution in [1.82, 2.24) is 0 Å². The van der Waals surface area contributed by atoms with Crippen LogP contribution in [0.1, 0.15) is 24.8 Å². The minimum Gasteiger partial charge on any atom is -0.508 e. The number of phenols is 1. The molecule has 0 bridgehead atoms. The van der Waals surface area contributed by atoms with E-state index in [4.69, 9.17) is 18.8 Å². The van der Waals surface area contributed by atoms with Gasteiger partial charge in [0.1, 0.15) is 11.3 Å². The molecule has 1 spiro atoms. The lowest BCUT2D eigenvalue weighted by atomic mass is 9.75. The highest BCUT2D eigenvalue weighted by molar-refractivity contribution is 7.81. The number of hydrogen-bond donors (Lipinski definition) is 1. The highest BCUT2D eigenvalue weighted by Gasteiger charge is 2.60. The number of hydrogen-bond acceptors (Lipinski definition) is 3. The molecular formula is C20H16FN3O2S. The standard InChI is InChI=1S/C20H16FN3O2S/c1-12-10-13(4-6-16(12)22-2)23-18(26)20(8-3-9-20)24(19(23)27)17-7-5-14(25)11-15(17)21/h4-7,10-11,25H,3,8-9H2,1H3. The highest BCUT2D eigenvalue weighted by atomic mass is 32.1. The second-order valence-corrected chi connectivity index (χ2v) is 7.23. The summed E-state index contributed by atoms with van der Waals surface area (Å²) in [6.07, 6.45) is 2.03. The third kappa shape index (κ3) is 2.41. The maximum absolute atomic E-state index is 14.6. The molecule has 136 valence electrons. The largest absolute Gasteiger partial charge is 0.508 e. The van der Waals surface area contributed by atoms with Crippen molar-refractivity contribution >= 4 is 40.3 Å².